The number of unbranched alkanes of at least 4 members (excludes halogenated alkanes) is 3. The van der Waals surface area contributed by atoms with Gasteiger partial charge in [0, 0.05) is 74.9 Å². The van der Waals surface area contributed by atoms with E-state index in [0.29, 0.717) is 78.6 Å². The Morgan fingerprint density at radius 3 is 2.53 bits per heavy atom. The van der Waals surface area contributed by atoms with Gasteiger partial charge in [0.05, 0.1) is 34.0 Å². The zero-order valence-electron chi connectivity index (χ0n) is 34.0. The standard InChI is InChI=1S/C44H47ClFN9O7/c1-2-37(56)51-34-24-29-33(48-26-49-41(29)50-27-12-13-31(46)30(45)23-27)25-36(34)62-22-8-17-53-18-20-54(21-19-53)39(58)11-5-3-4-6-16-47-32-10-7-9-28-40(32)44(61)55(43(28)60)35-14-15-38(57)52-42(35)59/h2,7,9-10,12-13,23-26,35,47H,1,3-6,8,11,14-22H2,(H,51,56)(H,48,49,50)(H,52,57,59). The Morgan fingerprint density at radius 1 is 0.952 bits per heavy atom. The molecule has 324 valence electrons. The van der Waals surface area contributed by atoms with Crippen molar-refractivity contribution >= 4 is 80.8 Å². The van der Waals surface area contributed by atoms with Gasteiger partial charge in [-0.05, 0) is 68.2 Å². The van der Waals surface area contributed by atoms with E-state index in [4.69, 9.17) is 16.3 Å². The molecule has 3 aliphatic heterocycles. The highest BCUT2D eigenvalue weighted by Crippen LogP contribution is 2.35. The molecule has 7 rings (SSSR count). The number of nitrogens with zero attached hydrogens (tertiary/aromatic N) is 5. The minimum Gasteiger partial charge on any atom is -0.491 e. The van der Waals surface area contributed by atoms with E-state index in [1.165, 1.54) is 24.5 Å². The summed E-state index contributed by atoms with van der Waals surface area (Å²) in [5.74, 6) is -2.10. The lowest BCUT2D eigenvalue weighted by Crippen LogP contribution is -2.54. The molecule has 18 heteroatoms. The van der Waals surface area contributed by atoms with Crippen LogP contribution in [-0.2, 0) is 19.2 Å². The molecule has 4 aromatic rings. The van der Waals surface area contributed by atoms with E-state index < -0.39 is 41.4 Å². The van der Waals surface area contributed by atoms with Crippen LogP contribution in [0.1, 0.15) is 72.1 Å². The van der Waals surface area contributed by atoms with E-state index in [1.807, 2.05) is 4.90 Å². The normalized spacial score (nSPS) is 16.6. The van der Waals surface area contributed by atoms with Crippen LogP contribution in [0.25, 0.3) is 10.9 Å². The summed E-state index contributed by atoms with van der Waals surface area (Å²) in [6.07, 6.45) is 7.21. The second kappa shape index (κ2) is 19.9. The number of hydrogen-bond acceptors (Lipinski definition) is 12. The average Bonchev–Trinajstić information content (AvgIpc) is 3.52. The SMILES string of the molecule is C=CC(=O)Nc1cc2c(Nc3ccc(F)c(Cl)c3)ncnc2cc1OCCCN1CCN(C(=O)CCCCCCNc2cccc3c2C(=O)N(C2CCC(=O)NC2=O)C3=O)CC1. The molecular formula is C44H47ClFN9O7. The quantitative estimate of drug-likeness (QED) is 0.0545. The number of ether oxygens (including phenoxy) is 1. The van der Waals surface area contributed by atoms with Crippen LogP contribution in [0, 0.1) is 5.82 Å². The molecule has 4 N–H and O–H groups in total. The van der Waals surface area contributed by atoms with Crippen LogP contribution < -0.4 is 26.0 Å². The Bertz CT molecular complexity index is 2410. The number of carbonyl (C=O) groups is 6. The van der Waals surface area contributed by atoms with Crippen molar-refractivity contribution in [1.29, 1.82) is 0 Å². The third-order valence-corrected chi connectivity index (χ3v) is 11.4. The van der Waals surface area contributed by atoms with Gasteiger partial charge < -0.3 is 25.6 Å². The van der Waals surface area contributed by atoms with E-state index in [-0.39, 0.29) is 34.9 Å². The van der Waals surface area contributed by atoms with Crippen LogP contribution in [0.3, 0.4) is 0 Å². The first-order valence-corrected chi connectivity index (χ1v) is 21.0. The maximum atomic E-state index is 13.7. The van der Waals surface area contributed by atoms with Crippen molar-refractivity contribution in [3.63, 3.8) is 0 Å². The zero-order valence-corrected chi connectivity index (χ0v) is 34.8. The fraction of sp³-hybridized carbons (Fsp3) is 0.364. The number of fused-ring (bicyclic) bond motifs is 2. The van der Waals surface area contributed by atoms with Crippen LogP contribution in [-0.4, -0.2) is 112 Å². The summed E-state index contributed by atoms with van der Waals surface area (Å²) in [7, 11) is 0. The lowest BCUT2D eigenvalue weighted by atomic mass is 10.0. The number of imide groups is 2. The summed E-state index contributed by atoms with van der Waals surface area (Å²) < 4.78 is 19.9. The van der Waals surface area contributed by atoms with Gasteiger partial charge in [-0.1, -0.05) is 37.1 Å². The van der Waals surface area contributed by atoms with Crippen LogP contribution >= 0.6 is 11.6 Å². The first-order chi connectivity index (χ1) is 30.0. The fourth-order valence-corrected chi connectivity index (χ4v) is 7.96. The summed E-state index contributed by atoms with van der Waals surface area (Å²) in [6.45, 7) is 8.05. The topological polar surface area (TPSA) is 195 Å². The zero-order chi connectivity index (χ0) is 43.8. The molecule has 3 aromatic carbocycles. The smallest absolute Gasteiger partial charge is 0.264 e. The van der Waals surface area contributed by atoms with Crippen molar-refractivity contribution < 1.29 is 37.9 Å². The predicted molar refractivity (Wildman–Crippen MR) is 231 cm³/mol. The monoisotopic (exact) mass is 867 g/mol. The van der Waals surface area contributed by atoms with Crippen molar-refractivity contribution in [2.24, 2.45) is 0 Å². The number of benzene rings is 3. The fourth-order valence-electron chi connectivity index (χ4n) is 7.78. The number of rotatable bonds is 18. The molecule has 4 heterocycles. The van der Waals surface area contributed by atoms with Crippen molar-refractivity contribution in [1.82, 2.24) is 30.0 Å². The Kier molecular flexibility index (Phi) is 14.0. The van der Waals surface area contributed by atoms with Gasteiger partial charge in [-0.2, -0.15) is 0 Å². The highest BCUT2D eigenvalue weighted by Gasteiger charge is 2.45. The van der Waals surface area contributed by atoms with Gasteiger partial charge in [0.25, 0.3) is 11.8 Å². The van der Waals surface area contributed by atoms with Crippen LogP contribution in [0.4, 0.5) is 27.3 Å². The molecular weight excluding hydrogens is 821 g/mol. The van der Waals surface area contributed by atoms with E-state index >= 15 is 0 Å². The average molecular weight is 868 g/mol. The van der Waals surface area contributed by atoms with Crippen molar-refractivity contribution in [2.45, 2.75) is 57.4 Å². The second-order valence-electron chi connectivity index (χ2n) is 15.2. The summed E-state index contributed by atoms with van der Waals surface area (Å²) in [6, 6.07) is 11.7. The van der Waals surface area contributed by atoms with E-state index in [9.17, 15) is 33.2 Å². The van der Waals surface area contributed by atoms with Gasteiger partial charge in [0.15, 0.2) is 0 Å². The summed E-state index contributed by atoms with van der Waals surface area (Å²) in [4.78, 5) is 89.6. The highest BCUT2D eigenvalue weighted by atomic mass is 35.5. The molecule has 1 atom stereocenters. The molecule has 6 amide bonds. The Hall–Kier alpha value is -6.46. The minimum absolute atomic E-state index is 0.0372. The molecule has 16 nitrogen and oxygen atoms in total. The number of aromatic nitrogens is 2. The lowest BCUT2D eigenvalue weighted by Gasteiger charge is -2.34. The highest BCUT2D eigenvalue weighted by molar-refractivity contribution is 6.31. The molecule has 1 aromatic heterocycles. The lowest BCUT2D eigenvalue weighted by molar-refractivity contribution is -0.136. The predicted octanol–water partition coefficient (Wildman–Crippen LogP) is 5.67. The minimum atomic E-state index is -1.02. The number of piperidine rings is 1. The molecule has 0 spiro atoms. The Labute approximate surface area is 362 Å². The van der Waals surface area contributed by atoms with E-state index in [2.05, 4.69) is 42.7 Å². The molecule has 0 bridgehead atoms. The summed E-state index contributed by atoms with van der Waals surface area (Å²) in [5, 5.41) is 12.0. The van der Waals surface area contributed by atoms with Gasteiger partial charge in [-0.3, -0.25) is 43.9 Å². The maximum Gasteiger partial charge on any atom is 0.264 e. The molecule has 62 heavy (non-hydrogen) atoms. The van der Waals surface area contributed by atoms with Crippen molar-refractivity contribution in [3.05, 3.63) is 89.5 Å². The second-order valence-corrected chi connectivity index (χ2v) is 15.6. The van der Waals surface area contributed by atoms with Crippen LogP contribution in [0.2, 0.25) is 5.02 Å². The van der Waals surface area contributed by atoms with Crippen molar-refractivity contribution in [3.8, 4) is 5.75 Å². The maximum absolute atomic E-state index is 13.7. The van der Waals surface area contributed by atoms with Gasteiger partial charge >= 0.3 is 0 Å². The first kappa shape index (κ1) is 43.6. The van der Waals surface area contributed by atoms with Gasteiger partial charge in [0.1, 0.15) is 29.8 Å². The third kappa shape index (κ3) is 10.2. The number of amides is 6. The summed E-state index contributed by atoms with van der Waals surface area (Å²) in [5.41, 5.74) is 2.50. The van der Waals surface area contributed by atoms with Crippen LogP contribution in [0.15, 0.2) is 67.5 Å². The molecule has 0 saturated carbocycles. The molecule has 1 unspecified atom stereocenters. The summed E-state index contributed by atoms with van der Waals surface area (Å²) >= 11 is 5.96. The molecule has 2 saturated heterocycles. The van der Waals surface area contributed by atoms with Gasteiger partial charge in [-0.15, -0.1) is 0 Å². The van der Waals surface area contributed by atoms with E-state index in [0.717, 1.165) is 56.3 Å². The number of halogens is 2. The molecule has 2 fully saturated rings. The molecule has 3 aliphatic rings. The molecule has 0 aliphatic carbocycles. The number of nitrogens with one attached hydrogen (secondary N) is 4. The van der Waals surface area contributed by atoms with Crippen LogP contribution in [0.5, 0.6) is 5.75 Å². The van der Waals surface area contributed by atoms with E-state index in [1.54, 1.807) is 30.3 Å². The number of piperazine rings is 1. The van der Waals surface area contributed by atoms with Gasteiger partial charge in [0.2, 0.25) is 23.6 Å². The molecule has 0 radical (unpaired) electrons. The Morgan fingerprint density at radius 2 is 1.76 bits per heavy atom. The number of anilines is 4. The first-order valence-electron chi connectivity index (χ1n) is 20.7. The third-order valence-electron chi connectivity index (χ3n) is 11.1. The number of carbonyl (C=O) groups excluding carboxylic acids is 6. The largest absolute Gasteiger partial charge is 0.491 e. The van der Waals surface area contributed by atoms with Gasteiger partial charge in [-0.25, -0.2) is 14.4 Å². The Balaban J connectivity index is 0.804. The number of hydrogen-bond donors (Lipinski definition) is 4. The van der Waals surface area contributed by atoms with Crippen molar-refractivity contribution in [2.75, 3.05) is 61.8 Å².